The maximum absolute atomic E-state index is 4.81. The van der Waals surface area contributed by atoms with Crippen LogP contribution in [0, 0.1) is 0 Å². The zero-order chi connectivity index (χ0) is 33.7. The molecule has 10 rings (SSSR count). The van der Waals surface area contributed by atoms with Gasteiger partial charge in [-0.1, -0.05) is 97.1 Å². The molecule has 6 aromatic carbocycles. The molecule has 4 heteroatoms. The summed E-state index contributed by atoms with van der Waals surface area (Å²) in [6.45, 7) is 0. The van der Waals surface area contributed by atoms with Gasteiger partial charge in [0.2, 0.25) is 0 Å². The third kappa shape index (κ3) is 5.00. The fourth-order valence-electron chi connectivity index (χ4n) is 7.61. The molecular formula is C47H32N4. The molecule has 240 valence electrons. The first-order valence-corrected chi connectivity index (χ1v) is 17.4. The molecule has 0 N–H and O–H groups in total. The standard InChI is InChI=1S/C47H32N4/c1-3-9-34(10-4-1)36-19-25-42-40(30-36)46-44(13-7-27-48-46)50(42)38-21-15-32(16-22-38)29-33-17-23-39(24-18-33)51-43-26-20-37(35-11-5-2-6-12-35)31-41(43)47-45(51)14-8-28-49-47/h1-28,30-31H,29H2. The Bertz CT molecular complexity index is 2650. The van der Waals surface area contributed by atoms with Crippen LogP contribution in [0.4, 0.5) is 0 Å². The van der Waals surface area contributed by atoms with Crippen LogP contribution in [-0.2, 0) is 6.42 Å². The molecule has 0 saturated heterocycles. The van der Waals surface area contributed by atoms with Crippen molar-refractivity contribution in [1.29, 1.82) is 0 Å². The maximum Gasteiger partial charge on any atom is 0.0963 e. The molecule has 0 spiro atoms. The van der Waals surface area contributed by atoms with E-state index in [0.29, 0.717) is 0 Å². The van der Waals surface area contributed by atoms with Crippen molar-refractivity contribution in [3.05, 3.63) is 193 Å². The molecule has 0 aliphatic carbocycles. The number of nitrogens with zero attached hydrogens (tertiary/aromatic N) is 4. The Hall–Kier alpha value is -6.78. The van der Waals surface area contributed by atoms with E-state index in [1.165, 1.54) is 33.4 Å². The van der Waals surface area contributed by atoms with Gasteiger partial charge in [0, 0.05) is 34.5 Å². The lowest BCUT2D eigenvalue weighted by Crippen LogP contribution is -1.96. The zero-order valence-corrected chi connectivity index (χ0v) is 27.8. The second kappa shape index (κ2) is 12.0. The van der Waals surface area contributed by atoms with E-state index >= 15 is 0 Å². The van der Waals surface area contributed by atoms with E-state index in [2.05, 4.69) is 167 Å². The van der Waals surface area contributed by atoms with E-state index in [-0.39, 0.29) is 0 Å². The number of rotatable bonds is 6. The van der Waals surface area contributed by atoms with Crippen LogP contribution in [0.1, 0.15) is 11.1 Å². The van der Waals surface area contributed by atoms with Crippen molar-refractivity contribution < 1.29 is 0 Å². The molecule has 0 amide bonds. The molecule has 0 bridgehead atoms. The summed E-state index contributed by atoms with van der Waals surface area (Å²) in [5.41, 5.74) is 16.2. The van der Waals surface area contributed by atoms with Crippen LogP contribution in [-0.4, -0.2) is 19.1 Å². The van der Waals surface area contributed by atoms with E-state index < -0.39 is 0 Å². The summed E-state index contributed by atoms with van der Waals surface area (Å²) in [4.78, 5) is 9.63. The highest BCUT2D eigenvalue weighted by Gasteiger charge is 2.16. The fraction of sp³-hybridized carbons (Fsp3) is 0.0213. The number of benzene rings is 6. The molecule has 51 heavy (non-hydrogen) atoms. The van der Waals surface area contributed by atoms with E-state index in [1.54, 1.807) is 0 Å². The molecule has 0 unspecified atom stereocenters. The molecule has 10 aromatic rings. The molecule has 0 aliphatic rings. The Kier molecular flexibility index (Phi) is 6.85. The average Bonchev–Trinajstić information content (AvgIpc) is 3.71. The third-order valence-corrected chi connectivity index (χ3v) is 10.1. The quantitative estimate of drug-likeness (QED) is 0.179. The topological polar surface area (TPSA) is 35.6 Å². The Labute approximate surface area is 295 Å². The first-order valence-electron chi connectivity index (χ1n) is 17.4. The highest BCUT2D eigenvalue weighted by molar-refractivity contribution is 6.09. The monoisotopic (exact) mass is 652 g/mol. The van der Waals surface area contributed by atoms with Crippen molar-refractivity contribution in [2.75, 3.05) is 0 Å². The number of hydrogen-bond acceptors (Lipinski definition) is 2. The molecule has 0 atom stereocenters. The Morgan fingerprint density at radius 3 is 1.22 bits per heavy atom. The van der Waals surface area contributed by atoms with Crippen LogP contribution in [0.15, 0.2) is 182 Å². The van der Waals surface area contributed by atoms with Gasteiger partial charge in [0.1, 0.15) is 0 Å². The molecule has 0 aliphatic heterocycles. The van der Waals surface area contributed by atoms with E-state index in [9.17, 15) is 0 Å². The summed E-state index contributed by atoms with van der Waals surface area (Å²) in [5, 5.41) is 2.32. The van der Waals surface area contributed by atoms with Gasteiger partial charge in [0.25, 0.3) is 0 Å². The van der Waals surface area contributed by atoms with Crippen LogP contribution >= 0.6 is 0 Å². The lowest BCUT2D eigenvalue weighted by atomic mass is 10.0. The normalized spacial score (nSPS) is 11.6. The Balaban J connectivity index is 0.958. The number of hydrogen-bond donors (Lipinski definition) is 0. The number of fused-ring (bicyclic) bond motifs is 6. The SMILES string of the molecule is c1ccc(-c2ccc3c(c2)c2ncccc2n3-c2ccc(Cc3ccc(-n4c5ccc(-c6ccccc6)cc5c5ncccc54)cc3)cc2)cc1. The van der Waals surface area contributed by atoms with Crippen LogP contribution in [0.3, 0.4) is 0 Å². The largest absolute Gasteiger partial charge is 0.308 e. The summed E-state index contributed by atoms with van der Waals surface area (Å²) >= 11 is 0. The van der Waals surface area contributed by atoms with Gasteiger partial charge in [0.15, 0.2) is 0 Å². The first-order chi connectivity index (χ1) is 25.3. The Morgan fingerprint density at radius 2 is 0.784 bits per heavy atom. The molecule has 4 aromatic heterocycles. The van der Waals surface area contributed by atoms with Gasteiger partial charge in [-0.2, -0.15) is 0 Å². The maximum atomic E-state index is 4.81. The molecular weight excluding hydrogens is 621 g/mol. The van der Waals surface area contributed by atoms with Crippen LogP contribution in [0.25, 0.3) is 77.5 Å². The summed E-state index contributed by atoms with van der Waals surface area (Å²) in [6, 6.07) is 60.8. The van der Waals surface area contributed by atoms with Crippen LogP contribution in [0.2, 0.25) is 0 Å². The predicted molar refractivity (Wildman–Crippen MR) is 211 cm³/mol. The van der Waals surface area contributed by atoms with Gasteiger partial charge < -0.3 is 9.13 Å². The number of pyridine rings is 2. The lowest BCUT2D eigenvalue weighted by molar-refractivity contribution is 1.13. The minimum absolute atomic E-state index is 0.852. The minimum Gasteiger partial charge on any atom is -0.308 e. The summed E-state index contributed by atoms with van der Waals surface area (Å²) in [6.07, 6.45) is 4.62. The van der Waals surface area contributed by atoms with E-state index in [4.69, 9.17) is 9.97 Å². The zero-order valence-electron chi connectivity index (χ0n) is 27.8. The highest BCUT2D eigenvalue weighted by atomic mass is 15.0. The minimum atomic E-state index is 0.852. The molecule has 4 heterocycles. The second-order valence-corrected chi connectivity index (χ2v) is 13.1. The van der Waals surface area contributed by atoms with Crippen molar-refractivity contribution in [2.24, 2.45) is 0 Å². The third-order valence-electron chi connectivity index (χ3n) is 10.1. The Morgan fingerprint density at radius 1 is 0.353 bits per heavy atom. The fourth-order valence-corrected chi connectivity index (χ4v) is 7.61. The first kappa shape index (κ1) is 29.2. The van der Waals surface area contributed by atoms with Crippen LogP contribution in [0.5, 0.6) is 0 Å². The van der Waals surface area contributed by atoms with E-state index in [0.717, 1.165) is 61.7 Å². The van der Waals surface area contributed by atoms with Crippen molar-refractivity contribution in [3.8, 4) is 33.6 Å². The van der Waals surface area contributed by atoms with E-state index in [1.807, 2.05) is 24.5 Å². The van der Waals surface area contributed by atoms with Gasteiger partial charge in [0.05, 0.1) is 33.1 Å². The highest BCUT2D eigenvalue weighted by Crippen LogP contribution is 2.36. The van der Waals surface area contributed by atoms with Crippen molar-refractivity contribution >= 4 is 43.9 Å². The molecule has 0 radical (unpaired) electrons. The van der Waals surface area contributed by atoms with Crippen molar-refractivity contribution in [1.82, 2.24) is 19.1 Å². The lowest BCUT2D eigenvalue weighted by Gasteiger charge is -2.11. The van der Waals surface area contributed by atoms with Crippen molar-refractivity contribution in [2.45, 2.75) is 6.42 Å². The van der Waals surface area contributed by atoms with Gasteiger partial charge in [-0.3, -0.25) is 9.97 Å². The van der Waals surface area contributed by atoms with Gasteiger partial charge in [-0.05, 0) is 113 Å². The number of aromatic nitrogens is 4. The molecule has 0 saturated carbocycles. The molecule has 0 fully saturated rings. The van der Waals surface area contributed by atoms with Crippen LogP contribution < -0.4 is 0 Å². The smallest absolute Gasteiger partial charge is 0.0963 e. The predicted octanol–water partition coefficient (Wildman–Crippen LogP) is 11.6. The average molecular weight is 653 g/mol. The molecule has 4 nitrogen and oxygen atoms in total. The van der Waals surface area contributed by atoms with Crippen molar-refractivity contribution in [3.63, 3.8) is 0 Å². The van der Waals surface area contributed by atoms with Gasteiger partial charge in [-0.15, -0.1) is 0 Å². The second-order valence-electron chi connectivity index (χ2n) is 13.1. The summed E-state index contributed by atoms with van der Waals surface area (Å²) in [5.74, 6) is 0. The van der Waals surface area contributed by atoms with Gasteiger partial charge in [-0.25, -0.2) is 0 Å². The summed E-state index contributed by atoms with van der Waals surface area (Å²) in [7, 11) is 0. The van der Waals surface area contributed by atoms with Gasteiger partial charge >= 0.3 is 0 Å². The summed E-state index contributed by atoms with van der Waals surface area (Å²) < 4.78 is 4.66.